The summed E-state index contributed by atoms with van der Waals surface area (Å²) in [5, 5.41) is 33.7. The Kier molecular flexibility index (Phi) is 7.79. The predicted molar refractivity (Wildman–Crippen MR) is 105 cm³/mol. The lowest BCUT2D eigenvalue weighted by Gasteiger charge is -2.18. The molecule has 1 heterocycles. The summed E-state index contributed by atoms with van der Waals surface area (Å²) in [4.78, 5) is 10.9. The highest BCUT2D eigenvalue weighted by Gasteiger charge is 2.33. The summed E-state index contributed by atoms with van der Waals surface area (Å²) in [6.45, 7) is 2.69. The first-order valence-corrected chi connectivity index (χ1v) is 9.09. The van der Waals surface area contributed by atoms with Crippen molar-refractivity contribution >= 4 is 5.97 Å². The van der Waals surface area contributed by atoms with E-state index >= 15 is 0 Å². The van der Waals surface area contributed by atoms with Crippen LogP contribution in [-0.4, -0.2) is 47.0 Å². The third-order valence-corrected chi connectivity index (χ3v) is 4.88. The van der Waals surface area contributed by atoms with Gasteiger partial charge in [-0.1, -0.05) is 42.5 Å². The maximum atomic E-state index is 10.9. The van der Waals surface area contributed by atoms with Gasteiger partial charge in [0.1, 0.15) is 11.8 Å². The van der Waals surface area contributed by atoms with Crippen molar-refractivity contribution in [2.24, 2.45) is 0 Å². The number of phenolic OH excluding ortho intramolecular Hbond substituents is 1. The number of benzene rings is 2. The molecule has 1 fully saturated rings. The zero-order chi connectivity index (χ0) is 19.8. The highest BCUT2D eigenvalue weighted by molar-refractivity contribution is 5.75. The molecule has 3 rings (SSSR count). The summed E-state index contributed by atoms with van der Waals surface area (Å²) < 4.78 is 0. The molecule has 0 aliphatic carbocycles. The van der Waals surface area contributed by atoms with E-state index in [0.29, 0.717) is 0 Å². The fourth-order valence-electron chi connectivity index (χ4n) is 3.14. The fourth-order valence-corrected chi connectivity index (χ4v) is 3.14. The number of nitrogens with one attached hydrogen (secondary N) is 2. The Labute approximate surface area is 159 Å². The van der Waals surface area contributed by atoms with E-state index in [1.165, 1.54) is 0 Å². The first-order valence-electron chi connectivity index (χ1n) is 9.09. The molecule has 2 aromatic rings. The van der Waals surface area contributed by atoms with Gasteiger partial charge in [-0.3, -0.25) is 4.79 Å². The lowest BCUT2D eigenvalue weighted by atomic mass is 9.92. The van der Waals surface area contributed by atoms with Gasteiger partial charge in [-0.15, -0.1) is 0 Å². The van der Waals surface area contributed by atoms with Gasteiger partial charge in [0.15, 0.2) is 0 Å². The van der Waals surface area contributed by atoms with Crippen LogP contribution in [0.1, 0.15) is 36.5 Å². The SMILES string of the molecule is CNC(C)C(O)c1ccc(O)cc1.O=C(O)C1NCCC1c1ccccc1. The first kappa shape index (κ1) is 20.9. The van der Waals surface area contributed by atoms with E-state index in [1.807, 2.05) is 37.3 Å². The molecule has 0 spiro atoms. The van der Waals surface area contributed by atoms with E-state index in [-0.39, 0.29) is 17.7 Å². The van der Waals surface area contributed by atoms with Crippen molar-refractivity contribution in [3.8, 4) is 5.75 Å². The van der Waals surface area contributed by atoms with Gasteiger partial charge in [0, 0.05) is 12.0 Å². The Morgan fingerprint density at radius 2 is 1.78 bits per heavy atom. The molecule has 0 amide bonds. The average Bonchev–Trinajstić information content (AvgIpc) is 3.19. The first-order chi connectivity index (χ1) is 12.9. The van der Waals surface area contributed by atoms with Crippen molar-refractivity contribution in [2.75, 3.05) is 13.6 Å². The minimum atomic E-state index is -0.753. The van der Waals surface area contributed by atoms with Crippen molar-refractivity contribution in [2.45, 2.75) is 37.5 Å². The molecule has 1 aliphatic heterocycles. The van der Waals surface area contributed by atoms with Gasteiger partial charge >= 0.3 is 5.97 Å². The van der Waals surface area contributed by atoms with Crippen LogP contribution in [0.2, 0.25) is 0 Å². The summed E-state index contributed by atoms with van der Waals surface area (Å²) in [5.74, 6) is -0.418. The number of aliphatic hydroxyl groups excluding tert-OH is 1. The number of phenols is 1. The Morgan fingerprint density at radius 3 is 2.33 bits per heavy atom. The van der Waals surface area contributed by atoms with E-state index < -0.39 is 18.1 Å². The summed E-state index contributed by atoms with van der Waals surface area (Å²) in [6, 6.07) is 16.0. The number of carboxylic acids is 1. The third-order valence-electron chi connectivity index (χ3n) is 4.88. The second-order valence-corrected chi connectivity index (χ2v) is 6.69. The molecule has 27 heavy (non-hydrogen) atoms. The van der Waals surface area contributed by atoms with Crippen LogP contribution in [0.15, 0.2) is 54.6 Å². The average molecular weight is 372 g/mol. The van der Waals surface area contributed by atoms with Crippen molar-refractivity contribution in [3.63, 3.8) is 0 Å². The molecular weight excluding hydrogens is 344 g/mol. The monoisotopic (exact) mass is 372 g/mol. The Bertz CT molecular complexity index is 706. The maximum absolute atomic E-state index is 10.9. The van der Waals surface area contributed by atoms with Gasteiger partial charge in [-0.25, -0.2) is 0 Å². The number of carboxylic acid groups (broad SMARTS) is 1. The number of carbonyl (C=O) groups is 1. The number of rotatable bonds is 5. The highest BCUT2D eigenvalue weighted by Crippen LogP contribution is 2.27. The Morgan fingerprint density at radius 1 is 1.15 bits per heavy atom. The zero-order valence-electron chi connectivity index (χ0n) is 15.7. The molecule has 1 aliphatic rings. The van der Waals surface area contributed by atoms with E-state index in [4.69, 9.17) is 10.2 Å². The normalized spacial score (nSPS) is 21.0. The van der Waals surface area contributed by atoms with Gasteiger partial charge < -0.3 is 26.0 Å². The fraction of sp³-hybridized carbons (Fsp3) is 0.381. The Hall–Kier alpha value is -2.41. The quantitative estimate of drug-likeness (QED) is 0.552. The van der Waals surface area contributed by atoms with Crippen LogP contribution in [0.3, 0.4) is 0 Å². The van der Waals surface area contributed by atoms with Crippen LogP contribution in [0.25, 0.3) is 0 Å². The minimum absolute atomic E-state index is 0.00421. The molecule has 6 nitrogen and oxygen atoms in total. The lowest BCUT2D eigenvalue weighted by Crippen LogP contribution is -2.34. The van der Waals surface area contributed by atoms with Gasteiger partial charge in [0.25, 0.3) is 0 Å². The van der Waals surface area contributed by atoms with Crippen LogP contribution in [-0.2, 0) is 4.79 Å². The largest absolute Gasteiger partial charge is 0.508 e. The molecule has 1 saturated heterocycles. The second-order valence-electron chi connectivity index (χ2n) is 6.69. The van der Waals surface area contributed by atoms with Crippen molar-refractivity contribution in [3.05, 3.63) is 65.7 Å². The molecule has 0 radical (unpaired) electrons. The zero-order valence-corrected chi connectivity index (χ0v) is 15.7. The molecular formula is C21H28N2O4. The van der Waals surface area contributed by atoms with Crippen LogP contribution in [0.4, 0.5) is 0 Å². The second kappa shape index (κ2) is 10.1. The third kappa shape index (κ3) is 5.79. The summed E-state index contributed by atoms with van der Waals surface area (Å²) in [5.41, 5.74) is 1.92. The maximum Gasteiger partial charge on any atom is 0.321 e. The summed E-state index contributed by atoms with van der Waals surface area (Å²) in [6.07, 6.45) is 0.367. The van der Waals surface area contributed by atoms with Gasteiger partial charge in [-0.2, -0.15) is 0 Å². The smallest absolute Gasteiger partial charge is 0.321 e. The van der Waals surface area contributed by atoms with Crippen molar-refractivity contribution in [1.82, 2.24) is 10.6 Å². The van der Waals surface area contributed by atoms with E-state index in [2.05, 4.69) is 10.6 Å². The standard InChI is InChI=1S/C11H13NO2.C10H15NO2/c13-11(14)10-9(6-7-12-10)8-4-2-1-3-5-8;1-7(11-2)10(13)8-3-5-9(12)6-4-8/h1-5,9-10,12H,6-7H2,(H,13,14);3-7,10-13H,1-2H3. The van der Waals surface area contributed by atoms with Gasteiger partial charge in [-0.05, 0) is 50.2 Å². The highest BCUT2D eigenvalue weighted by atomic mass is 16.4. The molecule has 5 N–H and O–H groups in total. The van der Waals surface area contributed by atoms with Crippen molar-refractivity contribution < 1.29 is 20.1 Å². The molecule has 6 heteroatoms. The Balaban J connectivity index is 0.000000194. The van der Waals surface area contributed by atoms with Crippen LogP contribution in [0, 0.1) is 0 Å². The lowest BCUT2D eigenvalue weighted by molar-refractivity contribution is -0.139. The molecule has 4 atom stereocenters. The van der Waals surface area contributed by atoms with Crippen LogP contribution in [0.5, 0.6) is 5.75 Å². The van der Waals surface area contributed by atoms with E-state index in [0.717, 1.165) is 24.1 Å². The number of hydrogen-bond acceptors (Lipinski definition) is 5. The topological polar surface area (TPSA) is 102 Å². The molecule has 146 valence electrons. The number of aliphatic hydroxyl groups is 1. The van der Waals surface area contributed by atoms with E-state index in [1.54, 1.807) is 31.3 Å². The van der Waals surface area contributed by atoms with Gasteiger partial charge in [0.05, 0.1) is 6.10 Å². The van der Waals surface area contributed by atoms with E-state index in [9.17, 15) is 9.90 Å². The molecule has 4 unspecified atom stereocenters. The molecule has 0 saturated carbocycles. The van der Waals surface area contributed by atoms with Crippen LogP contribution < -0.4 is 10.6 Å². The van der Waals surface area contributed by atoms with Crippen LogP contribution >= 0.6 is 0 Å². The molecule has 0 bridgehead atoms. The van der Waals surface area contributed by atoms with Crippen molar-refractivity contribution in [1.29, 1.82) is 0 Å². The minimum Gasteiger partial charge on any atom is -0.508 e. The summed E-state index contributed by atoms with van der Waals surface area (Å²) in [7, 11) is 1.80. The molecule has 2 aromatic carbocycles. The number of likely N-dealkylation sites (N-methyl/N-ethyl adjacent to an activating group) is 1. The number of hydrogen-bond donors (Lipinski definition) is 5. The summed E-state index contributed by atoms with van der Waals surface area (Å²) >= 11 is 0. The number of aliphatic carboxylic acids is 1. The predicted octanol–water partition coefficient (Wildman–Crippen LogP) is 2.25. The molecule has 0 aromatic heterocycles. The number of aromatic hydroxyl groups is 1. The van der Waals surface area contributed by atoms with Gasteiger partial charge in [0.2, 0.25) is 0 Å².